The van der Waals surface area contributed by atoms with Crippen molar-refractivity contribution in [1.82, 2.24) is 0 Å². The van der Waals surface area contributed by atoms with E-state index in [1.54, 1.807) is 0 Å². The molecule has 2 aliphatic heterocycles. The lowest BCUT2D eigenvalue weighted by Gasteiger charge is -2.56. The lowest BCUT2D eigenvalue weighted by atomic mass is 9.59. The Balaban J connectivity index is 1.95. The number of allylic oxidation sites excluding steroid dienone is 2. The first-order chi connectivity index (χ1) is 9.38. The quantitative estimate of drug-likeness (QED) is 0.566. The molecule has 0 aromatic rings. The maximum absolute atomic E-state index is 11.1. The molecule has 2 saturated heterocycles. The second-order valence-corrected chi connectivity index (χ2v) is 7.04. The third-order valence-electron chi connectivity index (χ3n) is 5.18. The Labute approximate surface area is 122 Å². The normalized spacial score (nSPS) is 35.7. The Morgan fingerprint density at radius 1 is 1.35 bits per heavy atom. The largest absolute Gasteiger partial charge is 0.465 e. The molecule has 3 fully saturated rings. The van der Waals surface area contributed by atoms with Crippen LogP contribution in [0.4, 0.5) is 0 Å². The Morgan fingerprint density at radius 3 is 2.60 bits per heavy atom. The van der Waals surface area contributed by atoms with Crippen molar-refractivity contribution in [2.24, 2.45) is 11.3 Å². The number of carbonyl (C=O) groups is 1. The van der Waals surface area contributed by atoms with E-state index in [-0.39, 0.29) is 17.0 Å². The predicted molar refractivity (Wildman–Crippen MR) is 79.4 cm³/mol. The van der Waals surface area contributed by atoms with Crippen LogP contribution in [0.3, 0.4) is 0 Å². The van der Waals surface area contributed by atoms with Gasteiger partial charge in [-0.2, -0.15) is 0 Å². The molecular formula is C17H28O3. The van der Waals surface area contributed by atoms with Gasteiger partial charge in [0.2, 0.25) is 0 Å². The zero-order chi connectivity index (χ0) is 14.8. The monoisotopic (exact) mass is 280 g/mol. The molecule has 2 heterocycles. The second kappa shape index (κ2) is 5.88. The van der Waals surface area contributed by atoms with Crippen molar-refractivity contribution < 1.29 is 14.3 Å². The first-order valence-corrected chi connectivity index (χ1v) is 7.78. The molecule has 0 unspecified atom stereocenters. The average molecular weight is 280 g/mol. The molecule has 0 N–H and O–H groups in total. The maximum Gasteiger partial charge on any atom is 0.302 e. The standard InChI is InChI=1S/C17H28O3/c1-13(2)6-5-7-17-9-8-16(12-20-17,14(3)10-17)11-19-15(4)18/h6,14H,5,7-12H2,1-4H3/t14-,16+,17+/m0/s1. The lowest BCUT2D eigenvalue weighted by Crippen LogP contribution is -2.57. The maximum atomic E-state index is 11.1. The summed E-state index contributed by atoms with van der Waals surface area (Å²) in [6, 6.07) is 0. The Morgan fingerprint density at radius 2 is 2.10 bits per heavy atom. The molecule has 0 amide bonds. The molecule has 114 valence electrons. The molecule has 0 radical (unpaired) electrons. The van der Waals surface area contributed by atoms with Crippen LogP contribution in [-0.2, 0) is 14.3 Å². The summed E-state index contributed by atoms with van der Waals surface area (Å²) in [5.74, 6) is 0.383. The van der Waals surface area contributed by atoms with Crippen LogP contribution in [0, 0.1) is 11.3 Å². The van der Waals surface area contributed by atoms with Gasteiger partial charge in [0.15, 0.2) is 0 Å². The number of hydrogen-bond acceptors (Lipinski definition) is 3. The number of rotatable bonds is 5. The summed E-state index contributed by atoms with van der Waals surface area (Å²) in [7, 11) is 0. The van der Waals surface area contributed by atoms with Crippen molar-refractivity contribution in [2.75, 3.05) is 13.2 Å². The van der Waals surface area contributed by atoms with Gasteiger partial charge < -0.3 is 9.47 Å². The van der Waals surface area contributed by atoms with Crippen molar-refractivity contribution in [1.29, 1.82) is 0 Å². The van der Waals surface area contributed by atoms with Crippen LogP contribution in [0.1, 0.15) is 59.8 Å². The summed E-state index contributed by atoms with van der Waals surface area (Å²) < 4.78 is 11.5. The molecule has 1 saturated carbocycles. The van der Waals surface area contributed by atoms with Crippen molar-refractivity contribution >= 4 is 5.97 Å². The number of esters is 1. The van der Waals surface area contributed by atoms with Crippen LogP contribution >= 0.6 is 0 Å². The van der Waals surface area contributed by atoms with Crippen LogP contribution in [-0.4, -0.2) is 24.8 Å². The van der Waals surface area contributed by atoms with Gasteiger partial charge in [-0.3, -0.25) is 4.79 Å². The predicted octanol–water partition coefficient (Wildman–Crippen LogP) is 3.87. The molecule has 3 heteroatoms. The minimum atomic E-state index is -0.183. The van der Waals surface area contributed by atoms with Gasteiger partial charge >= 0.3 is 5.97 Å². The zero-order valence-corrected chi connectivity index (χ0v) is 13.3. The van der Waals surface area contributed by atoms with Gasteiger partial charge in [0.05, 0.1) is 18.8 Å². The molecule has 3 aliphatic rings. The van der Waals surface area contributed by atoms with E-state index in [0.29, 0.717) is 12.5 Å². The Bertz CT molecular complexity index is 385. The molecule has 0 aromatic carbocycles. The molecule has 0 aromatic heterocycles. The minimum absolute atomic E-state index is 0.0595. The molecule has 3 nitrogen and oxygen atoms in total. The summed E-state index contributed by atoms with van der Waals surface area (Å²) in [6.07, 6.45) is 7.85. The van der Waals surface area contributed by atoms with Crippen molar-refractivity contribution in [3.05, 3.63) is 11.6 Å². The van der Waals surface area contributed by atoms with Gasteiger partial charge in [-0.1, -0.05) is 18.6 Å². The summed E-state index contributed by atoms with van der Waals surface area (Å²) in [5.41, 5.74) is 1.51. The van der Waals surface area contributed by atoms with E-state index in [9.17, 15) is 4.79 Å². The van der Waals surface area contributed by atoms with Crippen molar-refractivity contribution in [3.8, 4) is 0 Å². The van der Waals surface area contributed by atoms with Crippen LogP contribution < -0.4 is 0 Å². The van der Waals surface area contributed by atoms with Crippen LogP contribution in [0.15, 0.2) is 11.6 Å². The summed E-state index contributed by atoms with van der Waals surface area (Å²) in [6.45, 7) is 9.34. The van der Waals surface area contributed by atoms with E-state index in [1.165, 1.54) is 12.5 Å². The highest BCUT2D eigenvalue weighted by Gasteiger charge is 2.53. The van der Waals surface area contributed by atoms with Gasteiger partial charge in [-0.15, -0.1) is 0 Å². The van der Waals surface area contributed by atoms with Crippen LogP contribution in [0.5, 0.6) is 0 Å². The molecule has 20 heavy (non-hydrogen) atoms. The zero-order valence-electron chi connectivity index (χ0n) is 13.3. The van der Waals surface area contributed by atoms with E-state index >= 15 is 0 Å². The van der Waals surface area contributed by atoms with E-state index < -0.39 is 0 Å². The lowest BCUT2D eigenvalue weighted by molar-refractivity contribution is -0.224. The average Bonchev–Trinajstić information content (AvgIpc) is 2.37. The SMILES string of the molecule is CC(=O)OC[C@@]12CC[C@](CCC=C(C)C)(C[C@@H]1C)OC2. The molecule has 3 rings (SSSR count). The number of hydrogen-bond donors (Lipinski definition) is 0. The molecule has 2 bridgehead atoms. The van der Waals surface area contributed by atoms with Crippen LogP contribution in [0.2, 0.25) is 0 Å². The van der Waals surface area contributed by atoms with Gasteiger partial charge in [0.25, 0.3) is 0 Å². The number of fused-ring (bicyclic) bond motifs is 3. The number of ether oxygens (including phenoxy) is 2. The summed E-state index contributed by atoms with van der Waals surface area (Å²) >= 11 is 0. The van der Waals surface area contributed by atoms with E-state index in [1.807, 2.05) is 0 Å². The first kappa shape index (κ1) is 15.6. The van der Waals surface area contributed by atoms with Crippen LogP contribution in [0.25, 0.3) is 0 Å². The van der Waals surface area contributed by atoms with E-state index in [4.69, 9.17) is 9.47 Å². The van der Waals surface area contributed by atoms with Gasteiger partial charge in [-0.25, -0.2) is 0 Å². The van der Waals surface area contributed by atoms with Crippen molar-refractivity contribution in [3.63, 3.8) is 0 Å². The fraction of sp³-hybridized carbons (Fsp3) is 0.824. The summed E-state index contributed by atoms with van der Waals surface area (Å²) in [4.78, 5) is 11.1. The highest BCUT2D eigenvalue weighted by atomic mass is 16.5. The fourth-order valence-corrected chi connectivity index (χ4v) is 3.67. The minimum Gasteiger partial charge on any atom is -0.465 e. The van der Waals surface area contributed by atoms with Gasteiger partial charge in [-0.05, 0) is 51.9 Å². The molecular weight excluding hydrogens is 252 g/mol. The third-order valence-corrected chi connectivity index (χ3v) is 5.18. The second-order valence-electron chi connectivity index (χ2n) is 7.04. The van der Waals surface area contributed by atoms with Crippen molar-refractivity contribution in [2.45, 2.75) is 65.4 Å². The Kier molecular flexibility index (Phi) is 4.58. The third kappa shape index (κ3) is 3.25. The summed E-state index contributed by atoms with van der Waals surface area (Å²) in [5, 5.41) is 0. The molecule has 3 atom stereocenters. The van der Waals surface area contributed by atoms with E-state index in [0.717, 1.165) is 38.7 Å². The fourth-order valence-electron chi connectivity index (χ4n) is 3.67. The smallest absolute Gasteiger partial charge is 0.302 e. The number of carbonyl (C=O) groups excluding carboxylic acids is 1. The topological polar surface area (TPSA) is 35.5 Å². The molecule has 1 aliphatic carbocycles. The first-order valence-electron chi connectivity index (χ1n) is 7.78. The highest BCUT2D eigenvalue weighted by Crippen LogP contribution is 2.54. The van der Waals surface area contributed by atoms with Gasteiger partial charge in [0.1, 0.15) is 0 Å². The Hall–Kier alpha value is -0.830. The highest BCUT2D eigenvalue weighted by molar-refractivity contribution is 5.65. The molecule has 0 spiro atoms. The van der Waals surface area contributed by atoms with E-state index in [2.05, 4.69) is 26.8 Å². The van der Waals surface area contributed by atoms with Gasteiger partial charge in [0, 0.05) is 12.3 Å².